The van der Waals surface area contributed by atoms with Crippen LogP contribution in [0.5, 0.6) is 11.8 Å². The van der Waals surface area contributed by atoms with Gasteiger partial charge >= 0.3 is 6.01 Å². The number of likely N-dealkylation sites (tertiary alicyclic amines) is 2. The maximum Gasteiger partial charge on any atom is 0.319 e. The lowest BCUT2D eigenvalue weighted by molar-refractivity contribution is -0.144. The largest absolute Gasteiger partial charge is 0.508 e. The molecule has 0 aliphatic carbocycles. The number of rotatable bonds is 16. The number of piperazine rings is 1. The molecule has 4 fully saturated rings. The molecule has 7 atom stereocenters. The molecule has 8 heterocycles. The van der Waals surface area contributed by atoms with Crippen molar-refractivity contribution in [2.45, 2.75) is 115 Å². The molecule has 4 saturated heterocycles. The Labute approximate surface area is 484 Å². The first-order valence-electron chi connectivity index (χ1n) is 28.1. The number of nitrogens with one attached hydrogen (secondary N) is 3. The van der Waals surface area contributed by atoms with Crippen LogP contribution in [0, 0.1) is 36.3 Å². The van der Waals surface area contributed by atoms with Gasteiger partial charge in [0, 0.05) is 92.7 Å². The number of terminal acetylenes is 1. The van der Waals surface area contributed by atoms with Crippen molar-refractivity contribution >= 4 is 56.6 Å². The van der Waals surface area contributed by atoms with Gasteiger partial charge in [-0.1, -0.05) is 75.2 Å². The van der Waals surface area contributed by atoms with Crippen LogP contribution in [0.15, 0.2) is 90.7 Å². The number of thiazole rings is 1. The van der Waals surface area contributed by atoms with E-state index in [2.05, 4.69) is 53.2 Å². The zero-order chi connectivity index (χ0) is 58.4. The van der Waals surface area contributed by atoms with Gasteiger partial charge in [-0.25, -0.2) is 13.8 Å². The number of ether oxygens (including phenoxy) is 1. The molecule has 430 valence electrons. The smallest absolute Gasteiger partial charge is 0.319 e. The number of halogens is 2. The van der Waals surface area contributed by atoms with Gasteiger partial charge in [0.1, 0.15) is 47.3 Å². The van der Waals surface area contributed by atoms with Crippen molar-refractivity contribution in [1.29, 1.82) is 0 Å². The molecule has 7 aromatic rings. The normalized spacial score (nSPS) is 20.7. The van der Waals surface area contributed by atoms with Crippen molar-refractivity contribution < 1.29 is 38.1 Å². The molecule has 3 unspecified atom stereocenters. The van der Waals surface area contributed by atoms with Gasteiger partial charge in [0.05, 0.1) is 45.6 Å². The predicted molar refractivity (Wildman–Crippen MR) is 315 cm³/mol. The van der Waals surface area contributed by atoms with Gasteiger partial charge in [-0.3, -0.25) is 29.3 Å². The van der Waals surface area contributed by atoms with Crippen LogP contribution >= 0.6 is 11.3 Å². The summed E-state index contributed by atoms with van der Waals surface area (Å²) in [5.74, 6) is 0.0365. The summed E-state index contributed by atoms with van der Waals surface area (Å²) in [6.45, 7) is 16.3. The monoisotopic (exact) mass is 1140 g/mol. The summed E-state index contributed by atoms with van der Waals surface area (Å²) in [7, 11) is 0. The number of hydrogen-bond donors (Lipinski definition) is 5. The highest BCUT2D eigenvalue weighted by Crippen LogP contribution is 2.40. The number of fused-ring (bicyclic) bond motifs is 4. The number of carbonyl (C=O) groups is 3. The quantitative estimate of drug-likeness (QED) is 0.0463. The average Bonchev–Trinajstić information content (AvgIpc) is 3.97. The molecule has 4 aliphatic rings. The van der Waals surface area contributed by atoms with Crippen LogP contribution in [0.4, 0.5) is 14.6 Å². The number of amides is 3. The van der Waals surface area contributed by atoms with Gasteiger partial charge in [-0.2, -0.15) is 9.97 Å². The van der Waals surface area contributed by atoms with Gasteiger partial charge in [0.2, 0.25) is 17.7 Å². The van der Waals surface area contributed by atoms with E-state index >= 15 is 8.78 Å². The minimum Gasteiger partial charge on any atom is -0.508 e. The number of carbonyl (C=O) groups excluding carboxylic acids is 3. The predicted octanol–water partition coefficient (Wildman–Crippen LogP) is 7.74. The summed E-state index contributed by atoms with van der Waals surface area (Å²) in [6.07, 6.45) is 11.3. The van der Waals surface area contributed by atoms with Crippen LogP contribution < -0.4 is 25.6 Å². The fourth-order valence-corrected chi connectivity index (χ4v) is 13.0. The van der Waals surface area contributed by atoms with E-state index in [0.717, 1.165) is 45.8 Å². The molecule has 0 saturated carbocycles. The van der Waals surface area contributed by atoms with Crippen molar-refractivity contribution in [1.82, 2.24) is 50.7 Å². The third kappa shape index (κ3) is 12.0. The number of aliphatic hydroxyl groups excluding tert-OH is 1. The highest BCUT2D eigenvalue weighted by molar-refractivity contribution is 7.13. The fourth-order valence-electron chi connectivity index (χ4n) is 12.2. The molecule has 0 spiro atoms. The lowest BCUT2D eigenvalue weighted by atomic mass is 9.85. The SMILES string of the molecule is C#Cc1c(F)ccc2cc(O)cc(-c3ncc4c(N5CC6CCC(C5)N6)nc(OCC5CC(=C)CN5CCc5ccc(CC(=O)N[C@H](C(=O)N6C[C@H](O)C[C@H]6C(=O)N[C@@H](C)c6ccc(-c7scnc7C)cc6)C(C)(C)C)cn5)nc4c3F)c12. The second kappa shape index (κ2) is 23.4. The topological polar surface area (TPSA) is 211 Å². The third-order valence-corrected chi connectivity index (χ3v) is 17.4. The Morgan fingerprint density at radius 3 is 2.46 bits per heavy atom. The first-order chi connectivity index (χ1) is 39.8. The molecule has 5 N–H and O–H groups in total. The summed E-state index contributed by atoms with van der Waals surface area (Å²) >= 11 is 1.57. The van der Waals surface area contributed by atoms with Crippen molar-refractivity contribution in [2.24, 2.45) is 5.41 Å². The van der Waals surface area contributed by atoms with E-state index in [1.54, 1.807) is 17.5 Å². The van der Waals surface area contributed by atoms with Crippen LogP contribution in [-0.2, 0) is 27.2 Å². The van der Waals surface area contributed by atoms with E-state index in [-0.39, 0.29) is 101 Å². The number of aromatic hydroxyl groups is 1. The first-order valence-corrected chi connectivity index (χ1v) is 29.0. The van der Waals surface area contributed by atoms with Crippen LogP contribution in [-0.4, -0.2) is 138 Å². The number of hydrogen-bond acceptors (Lipinski definition) is 15. The summed E-state index contributed by atoms with van der Waals surface area (Å²) in [6, 6.07) is 15.1. The number of aryl methyl sites for hydroxylation is 1. The Kier molecular flexibility index (Phi) is 16.0. The molecule has 17 nitrogen and oxygen atoms in total. The van der Waals surface area contributed by atoms with Crippen LogP contribution in [0.3, 0.4) is 0 Å². The lowest BCUT2D eigenvalue weighted by Gasteiger charge is -2.35. The minimum atomic E-state index is -0.993. The molecule has 2 bridgehead atoms. The molecule has 83 heavy (non-hydrogen) atoms. The summed E-state index contributed by atoms with van der Waals surface area (Å²) in [5.41, 5.74) is 6.26. The lowest BCUT2D eigenvalue weighted by Crippen LogP contribution is -2.58. The zero-order valence-corrected chi connectivity index (χ0v) is 47.9. The number of benzene rings is 3. The molecule has 11 rings (SSSR count). The Morgan fingerprint density at radius 2 is 1.76 bits per heavy atom. The number of aliphatic hydroxyl groups is 1. The highest BCUT2D eigenvalue weighted by atomic mass is 32.1. The summed E-state index contributed by atoms with van der Waals surface area (Å²) in [4.78, 5) is 72.0. The van der Waals surface area contributed by atoms with E-state index in [4.69, 9.17) is 21.1 Å². The van der Waals surface area contributed by atoms with Crippen LogP contribution in [0.1, 0.15) is 87.5 Å². The number of aromatic nitrogens is 5. The first kappa shape index (κ1) is 56.9. The number of nitrogens with zero attached hydrogens (tertiary/aromatic N) is 8. The highest BCUT2D eigenvalue weighted by Gasteiger charge is 2.45. The molecule has 3 amide bonds. The molecular formula is C63H67F2N11O6S. The molecule has 4 aromatic heterocycles. The Hall–Kier alpha value is -7.96. The molecule has 3 aromatic carbocycles. The van der Waals surface area contributed by atoms with Gasteiger partial charge in [-0.15, -0.1) is 17.8 Å². The van der Waals surface area contributed by atoms with Crippen molar-refractivity contribution in [2.75, 3.05) is 44.2 Å². The van der Waals surface area contributed by atoms with Gasteiger partial charge in [0.25, 0.3) is 0 Å². The maximum atomic E-state index is 17.2. The number of anilines is 1. The van der Waals surface area contributed by atoms with E-state index in [9.17, 15) is 24.6 Å². The molecule has 20 heteroatoms. The van der Waals surface area contributed by atoms with Crippen molar-refractivity contribution in [3.8, 4) is 45.8 Å². The van der Waals surface area contributed by atoms with Gasteiger partial charge in [-0.05, 0) is 84.9 Å². The number of pyridine rings is 2. The zero-order valence-electron chi connectivity index (χ0n) is 47.1. The van der Waals surface area contributed by atoms with E-state index < -0.39 is 41.1 Å². The fraction of sp³-hybridized carbons (Fsp3) is 0.397. The average molecular weight is 1140 g/mol. The number of phenolic OH excluding ortho intramolecular Hbond substituents is 1. The second-order valence-electron chi connectivity index (χ2n) is 23.6. The standard InChI is InChI=1S/C63H67F2N11O6S/c1-8-47-50(64)18-14-40-23-45(77)24-48(53(40)47)55-54(65)56-49(27-67-55)59(75-29-42-16-17-43(30-75)70-42)73-62(72-56)82-32-44-21-34(2)28-74(44)20-19-41-15-9-37(26-66-41)22-52(79)71-58(63(5,6)7)61(81)76-31-46(78)25-51(76)60(80)69-35(3)38-10-12-39(13-11-38)57-36(4)68-33-83-57/h1,9-15,18,23-24,26-27,33,35,42-44,46,51,58,70,77-78H,2,16-17,19-22,25,28-32H2,3-7H3,(H,69,80)(H,71,79)/t35-,42?,43?,44?,46+,51-,58+/m0/s1. The van der Waals surface area contributed by atoms with Crippen molar-refractivity contribution in [3.05, 3.63) is 130 Å². The van der Waals surface area contributed by atoms with Gasteiger partial charge in [0.15, 0.2) is 5.82 Å². The van der Waals surface area contributed by atoms with Gasteiger partial charge < -0.3 is 40.7 Å². The van der Waals surface area contributed by atoms with Crippen LogP contribution in [0.2, 0.25) is 0 Å². The Morgan fingerprint density at radius 1 is 0.988 bits per heavy atom. The van der Waals surface area contributed by atoms with Crippen molar-refractivity contribution in [3.63, 3.8) is 0 Å². The molecule has 0 radical (unpaired) electrons. The Bertz CT molecular complexity index is 3690. The third-order valence-electron chi connectivity index (χ3n) is 16.4. The van der Waals surface area contributed by atoms with Crippen LogP contribution in [0.25, 0.3) is 43.4 Å². The second-order valence-corrected chi connectivity index (χ2v) is 24.4. The van der Waals surface area contributed by atoms with E-state index in [1.807, 2.05) is 76.5 Å². The summed E-state index contributed by atoms with van der Waals surface area (Å²) in [5, 5.41) is 32.2. The van der Waals surface area contributed by atoms with E-state index in [1.165, 1.54) is 35.4 Å². The van der Waals surface area contributed by atoms with E-state index in [0.29, 0.717) is 61.2 Å². The number of β-amino-alcohol motifs (C(OH)–C–C–N with tert-alkyl or cyclic N) is 1. The minimum absolute atomic E-state index is 0.0179. The molecular weight excluding hydrogens is 1080 g/mol. The number of phenols is 1. The molecule has 4 aliphatic heterocycles. The maximum absolute atomic E-state index is 17.2. The summed E-state index contributed by atoms with van der Waals surface area (Å²) < 4.78 is 38.8. The Balaban J connectivity index is 0.733.